The highest BCUT2D eigenvalue weighted by atomic mass is 32.1. The number of hydrogen-bond acceptors (Lipinski definition) is 3. The average Bonchev–Trinajstić information content (AvgIpc) is 2.67. The van der Waals surface area contributed by atoms with Crippen molar-refractivity contribution in [3.05, 3.63) is 21.9 Å². The molecule has 0 aliphatic heterocycles. The summed E-state index contributed by atoms with van der Waals surface area (Å²) in [7, 11) is 0. The van der Waals surface area contributed by atoms with Crippen LogP contribution >= 0.6 is 11.3 Å². The highest BCUT2D eigenvalue weighted by Crippen LogP contribution is 2.16. The number of nitrogens with one attached hydrogen (secondary N) is 1. The van der Waals surface area contributed by atoms with Gasteiger partial charge in [-0.1, -0.05) is 13.8 Å². The van der Waals surface area contributed by atoms with Crippen molar-refractivity contribution in [2.24, 2.45) is 0 Å². The fraction of sp³-hybridized carbons (Fsp3) is 0.636. The van der Waals surface area contributed by atoms with Gasteiger partial charge in [-0.05, 0) is 25.0 Å². The van der Waals surface area contributed by atoms with E-state index in [1.807, 2.05) is 11.3 Å². The summed E-state index contributed by atoms with van der Waals surface area (Å²) < 4.78 is 0. The first kappa shape index (κ1) is 11.7. The van der Waals surface area contributed by atoms with Gasteiger partial charge in [-0.25, -0.2) is 0 Å². The minimum absolute atomic E-state index is 0.225. The first-order chi connectivity index (χ1) is 6.80. The Hall–Kier alpha value is -0.380. The zero-order chi connectivity index (χ0) is 10.4. The average molecular weight is 213 g/mol. The Balaban J connectivity index is 2.37. The van der Waals surface area contributed by atoms with Crippen LogP contribution in [-0.2, 0) is 13.0 Å². The molecule has 0 saturated carbocycles. The third kappa shape index (κ3) is 3.40. The summed E-state index contributed by atoms with van der Waals surface area (Å²) in [6, 6.07) is 4.59. The molecular weight excluding hydrogens is 194 g/mol. The van der Waals surface area contributed by atoms with E-state index in [0.29, 0.717) is 0 Å². The molecule has 1 atom stereocenters. The fourth-order valence-corrected chi connectivity index (χ4v) is 2.20. The van der Waals surface area contributed by atoms with Crippen molar-refractivity contribution >= 4 is 11.3 Å². The van der Waals surface area contributed by atoms with Crippen LogP contribution in [0.15, 0.2) is 12.1 Å². The number of thiophene rings is 1. The van der Waals surface area contributed by atoms with Gasteiger partial charge in [0.1, 0.15) is 0 Å². The Labute approximate surface area is 90.0 Å². The van der Waals surface area contributed by atoms with E-state index in [4.69, 9.17) is 5.11 Å². The second-order valence-corrected chi connectivity index (χ2v) is 4.64. The third-order valence-electron chi connectivity index (χ3n) is 2.34. The van der Waals surface area contributed by atoms with Gasteiger partial charge in [0, 0.05) is 22.3 Å². The molecule has 0 aliphatic carbocycles. The SMILES string of the molecule is CCc1ccc(CN[C@H](CC)CO)s1. The second kappa shape index (κ2) is 6.17. The third-order valence-corrected chi connectivity index (χ3v) is 3.57. The predicted octanol–water partition coefficient (Wildman–Crippen LogP) is 2.17. The maximum Gasteiger partial charge on any atom is 0.0584 e. The van der Waals surface area contributed by atoms with Crippen molar-refractivity contribution in [1.82, 2.24) is 5.32 Å². The van der Waals surface area contributed by atoms with Crippen molar-refractivity contribution < 1.29 is 5.11 Å². The largest absolute Gasteiger partial charge is 0.395 e. The van der Waals surface area contributed by atoms with Crippen LogP contribution < -0.4 is 5.32 Å². The topological polar surface area (TPSA) is 32.3 Å². The molecule has 0 saturated heterocycles. The highest BCUT2D eigenvalue weighted by molar-refractivity contribution is 7.11. The van der Waals surface area contributed by atoms with Crippen molar-refractivity contribution in [3.8, 4) is 0 Å². The van der Waals surface area contributed by atoms with Gasteiger partial charge in [0.05, 0.1) is 6.61 Å². The lowest BCUT2D eigenvalue weighted by atomic mass is 10.2. The molecule has 0 amide bonds. The molecule has 14 heavy (non-hydrogen) atoms. The van der Waals surface area contributed by atoms with Gasteiger partial charge < -0.3 is 10.4 Å². The highest BCUT2D eigenvalue weighted by Gasteiger charge is 2.04. The van der Waals surface area contributed by atoms with Crippen LogP contribution in [0.1, 0.15) is 30.0 Å². The molecule has 1 aromatic rings. The molecule has 0 unspecified atom stereocenters. The molecule has 80 valence electrons. The van der Waals surface area contributed by atoms with Gasteiger partial charge in [0.25, 0.3) is 0 Å². The molecule has 2 nitrogen and oxygen atoms in total. The molecule has 0 aliphatic rings. The smallest absolute Gasteiger partial charge is 0.0584 e. The van der Waals surface area contributed by atoms with Gasteiger partial charge >= 0.3 is 0 Å². The summed E-state index contributed by atoms with van der Waals surface area (Å²) in [6.07, 6.45) is 2.09. The number of aliphatic hydroxyl groups is 1. The molecule has 2 N–H and O–H groups in total. The summed E-state index contributed by atoms with van der Waals surface area (Å²) in [5, 5.41) is 12.3. The maximum absolute atomic E-state index is 9.00. The quantitative estimate of drug-likeness (QED) is 0.759. The van der Waals surface area contributed by atoms with Crippen LogP contribution in [0.5, 0.6) is 0 Å². The molecular formula is C11H19NOS. The molecule has 0 radical (unpaired) electrons. The number of rotatable bonds is 6. The van der Waals surface area contributed by atoms with E-state index in [2.05, 4.69) is 31.3 Å². The van der Waals surface area contributed by atoms with Crippen molar-refractivity contribution in [3.63, 3.8) is 0 Å². The van der Waals surface area contributed by atoms with Crippen LogP contribution in [0, 0.1) is 0 Å². The van der Waals surface area contributed by atoms with Crippen LogP contribution in [0.4, 0.5) is 0 Å². The normalized spacial score (nSPS) is 13.1. The fourth-order valence-electron chi connectivity index (χ4n) is 1.29. The molecule has 0 aromatic carbocycles. The summed E-state index contributed by atoms with van der Waals surface area (Å²) in [4.78, 5) is 2.78. The van der Waals surface area contributed by atoms with Gasteiger partial charge in [0.15, 0.2) is 0 Å². The Morgan fingerprint density at radius 2 is 2.07 bits per heavy atom. The first-order valence-electron chi connectivity index (χ1n) is 5.22. The number of hydrogen-bond donors (Lipinski definition) is 2. The molecule has 0 spiro atoms. The van der Waals surface area contributed by atoms with E-state index in [-0.39, 0.29) is 12.6 Å². The van der Waals surface area contributed by atoms with Crippen molar-refractivity contribution in [2.45, 2.75) is 39.3 Å². The molecule has 0 bridgehead atoms. The van der Waals surface area contributed by atoms with E-state index in [1.54, 1.807) is 0 Å². The first-order valence-corrected chi connectivity index (χ1v) is 6.03. The monoisotopic (exact) mass is 213 g/mol. The van der Waals surface area contributed by atoms with Crippen LogP contribution in [0.3, 0.4) is 0 Å². The Kier molecular flexibility index (Phi) is 5.15. The lowest BCUT2D eigenvalue weighted by molar-refractivity contribution is 0.238. The van der Waals surface area contributed by atoms with Crippen molar-refractivity contribution in [1.29, 1.82) is 0 Å². The minimum Gasteiger partial charge on any atom is -0.395 e. The Morgan fingerprint density at radius 3 is 2.57 bits per heavy atom. The second-order valence-electron chi connectivity index (χ2n) is 3.39. The van der Waals surface area contributed by atoms with E-state index >= 15 is 0 Å². The summed E-state index contributed by atoms with van der Waals surface area (Å²) in [5.74, 6) is 0. The van der Waals surface area contributed by atoms with Gasteiger partial charge in [-0.15, -0.1) is 11.3 Å². The van der Waals surface area contributed by atoms with E-state index in [9.17, 15) is 0 Å². The summed E-state index contributed by atoms with van der Waals surface area (Å²) in [6.45, 7) is 5.36. The van der Waals surface area contributed by atoms with Crippen LogP contribution in [0.25, 0.3) is 0 Å². The van der Waals surface area contributed by atoms with E-state index in [1.165, 1.54) is 9.75 Å². The molecule has 3 heteroatoms. The zero-order valence-electron chi connectivity index (χ0n) is 8.92. The van der Waals surface area contributed by atoms with Crippen LogP contribution in [0.2, 0.25) is 0 Å². The van der Waals surface area contributed by atoms with Gasteiger partial charge in [-0.2, -0.15) is 0 Å². The molecule has 1 heterocycles. The standard InChI is InChI=1S/C11H19NOS/c1-3-9(8-13)12-7-11-6-5-10(4-2)14-11/h5-6,9,12-13H,3-4,7-8H2,1-2H3/t9-/m1/s1. The number of aliphatic hydroxyl groups excluding tert-OH is 1. The Bertz CT molecular complexity index is 256. The molecule has 1 rings (SSSR count). The summed E-state index contributed by atoms with van der Waals surface area (Å²) in [5.41, 5.74) is 0. The lowest BCUT2D eigenvalue weighted by Crippen LogP contribution is -2.30. The molecule has 0 fully saturated rings. The van der Waals surface area contributed by atoms with E-state index in [0.717, 1.165) is 19.4 Å². The summed E-state index contributed by atoms with van der Waals surface area (Å²) >= 11 is 1.85. The van der Waals surface area contributed by atoms with Gasteiger partial charge in [0.2, 0.25) is 0 Å². The van der Waals surface area contributed by atoms with Gasteiger partial charge in [-0.3, -0.25) is 0 Å². The molecule has 1 aromatic heterocycles. The van der Waals surface area contributed by atoms with Crippen molar-refractivity contribution in [2.75, 3.05) is 6.61 Å². The lowest BCUT2D eigenvalue weighted by Gasteiger charge is -2.12. The maximum atomic E-state index is 9.00. The Morgan fingerprint density at radius 1 is 1.36 bits per heavy atom. The predicted molar refractivity (Wildman–Crippen MR) is 61.7 cm³/mol. The zero-order valence-corrected chi connectivity index (χ0v) is 9.73. The number of aryl methyl sites for hydroxylation is 1. The van der Waals surface area contributed by atoms with E-state index < -0.39 is 0 Å². The minimum atomic E-state index is 0.225. The van der Waals surface area contributed by atoms with Crippen LogP contribution in [-0.4, -0.2) is 17.8 Å².